The molecular weight excluding hydrogens is 248 g/mol. The summed E-state index contributed by atoms with van der Waals surface area (Å²) >= 11 is 1.84. The molecular formula is C13H20N2O2S. The number of hydrogen-bond acceptors (Lipinski definition) is 3. The normalized spacial score (nSPS) is 16.7. The van der Waals surface area contributed by atoms with Crippen molar-refractivity contribution >= 4 is 17.7 Å². The quantitative estimate of drug-likeness (QED) is 0.787. The standard InChI is InChI=1S/C13H20N2O2S/c1-2-5-15-10-14-7-11(15)8-18-9-13(3-4-13)6-12(16)17/h7,10H,2-6,8-9H2,1H3,(H,16,17). The lowest BCUT2D eigenvalue weighted by molar-refractivity contribution is -0.138. The maximum absolute atomic E-state index is 10.8. The summed E-state index contributed by atoms with van der Waals surface area (Å²) in [5.74, 6) is 1.22. The van der Waals surface area contributed by atoms with Crippen molar-refractivity contribution in [2.24, 2.45) is 5.41 Å². The molecule has 1 fully saturated rings. The van der Waals surface area contributed by atoms with Crippen molar-refractivity contribution in [3.8, 4) is 0 Å². The zero-order valence-electron chi connectivity index (χ0n) is 10.8. The van der Waals surface area contributed by atoms with Gasteiger partial charge in [-0.2, -0.15) is 11.8 Å². The van der Waals surface area contributed by atoms with Gasteiger partial charge in [-0.15, -0.1) is 0 Å². The molecule has 18 heavy (non-hydrogen) atoms. The molecule has 1 aromatic rings. The van der Waals surface area contributed by atoms with E-state index in [0.29, 0.717) is 6.42 Å². The molecule has 1 N–H and O–H groups in total. The molecule has 0 spiro atoms. The summed E-state index contributed by atoms with van der Waals surface area (Å²) in [6.07, 6.45) is 7.37. The van der Waals surface area contributed by atoms with E-state index >= 15 is 0 Å². The Bertz CT molecular complexity index is 413. The highest BCUT2D eigenvalue weighted by atomic mass is 32.2. The lowest BCUT2D eigenvalue weighted by atomic mass is 10.1. The van der Waals surface area contributed by atoms with Crippen LogP contribution in [0.4, 0.5) is 0 Å². The summed E-state index contributed by atoms with van der Waals surface area (Å²) in [6, 6.07) is 0. The molecule has 0 atom stereocenters. The molecule has 100 valence electrons. The zero-order valence-corrected chi connectivity index (χ0v) is 11.6. The van der Waals surface area contributed by atoms with Crippen LogP contribution in [0.2, 0.25) is 0 Å². The van der Waals surface area contributed by atoms with E-state index in [1.807, 2.05) is 24.3 Å². The van der Waals surface area contributed by atoms with Crippen molar-refractivity contribution in [2.75, 3.05) is 5.75 Å². The zero-order chi connectivity index (χ0) is 13.0. The number of hydrogen-bond donors (Lipinski definition) is 1. The van der Waals surface area contributed by atoms with Gasteiger partial charge in [0.25, 0.3) is 0 Å². The molecule has 5 heteroatoms. The first kappa shape index (κ1) is 13.5. The van der Waals surface area contributed by atoms with Crippen molar-refractivity contribution in [1.29, 1.82) is 0 Å². The van der Waals surface area contributed by atoms with Crippen molar-refractivity contribution in [3.05, 3.63) is 18.2 Å². The van der Waals surface area contributed by atoms with Crippen LogP contribution < -0.4 is 0 Å². The molecule has 1 aliphatic rings. The highest BCUT2D eigenvalue weighted by molar-refractivity contribution is 7.98. The number of carbonyl (C=O) groups is 1. The molecule has 0 aliphatic heterocycles. The Labute approximate surface area is 112 Å². The van der Waals surface area contributed by atoms with Crippen molar-refractivity contribution in [2.45, 2.75) is 44.9 Å². The Morgan fingerprint density at radius 3 is 3.00 bits per heavy atom. The van der Waals surface area contributed by atoms with Crippen LogP contribution in [0.25, 0.3) is 0 Å². The fourth-order valence-electron chi connectivity index (χ4n) is 2.15. The van der Waals surface area contributed by atoms with Gasteiger partial charge in [0.2, 0.25) is 0 Å². The van der Waals surface area contributed by atoms with E-state index in [9.17, 15) is 4.79 Å². The number of carboxylic acids is 1. The summed E-state index contributed by atoms with van der Waals surface area (Å²) in [5, 5.41) is 8.86. The highest BCUT2D eigenvalue weighted by Gasteiger charge is 2.44. The third-order valence-electron chi connectivity index (χ3n) is 3.40. The fraction of sp³-hybridized carbons (Fsp3) is 0.692. The summed E-state index contributed by atoms with van der Waals surface area (Å²) in [6.45, 7) is 3.17. The summed E-state index contributed by atoms with van der Waals surface area (Å²) in [7, 11) is 0. The van der Waals surface area contributed by atoms with Gasteiger partial charge in [0.05, 0.1) is 12.7 Å². The van der Waals surface area contributed by atoms with Crippen LogP contribution in [0.3, 0.4) is 0 Å². The van der Waals surface area contributed by atoms with Crippen LogP contribution in [-0.4, -0.2) is 26.4 Å². The van der Waals surface area contributed by atoms with E-state index in [2.05, 4.69) is 16.5 Å². The first-order chi connectivity index (χ1) is 8.65. The van der Waals surface area contributed by atoms with Gasteiger partial charge in [0.1, 0.15) is 0 Å². The van der Waals surface area contributed by atoms with Crippen molar-refractivity contribution in [1.82, 2.24) is 9.55 Å². The van der Waals surface area contributed by atoms with Gasteiger partial charge in [0, 0.05) is 24.2 Å². The van der Waals surface area contributed by atoms with E-state index in [0.717, 1.165) is 37.3 Å². The Hall–Kier alpha value is -0.970. The number of thioether (sulfide) groups is 1. The van der Waals surface area contributed by atoms with Crippen LogP contribution in [0.1, 0.15) is 38.3 Å². The molecule has 0 unspecified atom stereocenters. The van der Waals surface area contributed by atoms with Gasteiger partial charge >= 0.3 is 5.97 Å². The van der Waals surface area contributed by atoms with Crippen LogP contribution in [0, 0.1) is 5.41 Å². The molecule has 0 aromatic carbocycles. The number of aromatic nitrogens is 2. The van der Waals surface area contributed by atoms with Crippen LogP contribution in [-0.2, 0) is 17.1 Å². The molecule has 1 aliphatic carbocycles. The summed E-state index contributed by atoms with van der Waals surface area (Å²) in [5.41, 5.74) is 1.33. The Balaban J connectivity index is 1.78. The molecule has 1 aromatic heterocycles. The predicted molar refractivity (Wildman–Crippen MR) is 72.6 cm³/mol. The minimum absolute atomic E-state index is 0.0894. The first-order valence-electron chi connectivity index (χ1n) is 6.44. The van der Waals surface area contributed by atoms with Gasteiger partial charge < -0.3 is 9.67 Å². The molecule has 0 saturated heterocycles. The second-order valence-corrected chi connectivity index (χ2v) is 6.13. The molecule has 1 saturated carbocycles. The second kappa shape index (κ2) is 5.78. The Morgan fingerprint density at radius 1 is 1.61 bits per heavy atom. The molecule has 0 radical (unpaired) electrons. The molecule has 2 rings (SSSR count). The maximum atomic E-state index is 10.8. The third kappa shape index (κ3) is 3.51. The number of rotatable bonds is 8. The van der Waals surface area contributed by atoms with E-state index < -0.39 is 5.97 Å². The average molecular weight is 268 g/mol. The van der Waals surface area contributed by atoms with Crippen LogP contribution in [0.5, 0.6) is 0 Å². The van der Waals surface area contributed by atoms with E-state index in [-0.39, 0.29) is 5.41 Å². The molecule has 1 heterocycles. The fourth-order valence-corrected chi connectivity index (χ4v) is 3.53. The minimum atomic E-state index is -0.663. The van der Waals surface area contributed by atoms with Gasteiger partial charge in [0.15, 0.2) is 0 Å². The van der Waals surface area contributed by atoms with Crippen molar-refractivity contribution < 1.29 is 9.90 Å². The smallest absolute Gasteiger partial charge is 0.303 e. The number of aryl methyl sites for hydroxylation is 1. The molecule has 4 nitrogen and oxygen atoms in total. The highest BCUT2D eigenvalue weighted by Crippen LogP contribution is 2.51. The minimum Gasteiger partial charge on any atom is -0.481 e. The lowest BCUT2D eigenvalue weighted by Crippen LogP contribution is -2.11. The predicted octanol–water partition coefficient (Wildman–Crippen LogP) is 2.78. The number of imidazole rings is 1. The van der Waals surface area contributed by atoms with Gasteiger partial charge in [-0.3, -0.25) is 4.79 Å². The monoisotopic (exact) mass is 268 g/mol. The van der Waals surface area contributed by atoms with Crippen molar-refractivity contribution in [3.63, 3.8) is 0 Å². The van der Waals surface area contributed by atoms with E-state index in [1.165, 1.54) is 5.69 Å². The SMILES string of the molecule is CCCn1cncc1CSCC1(CC(=O)O)CC1. The molecule has 0 amide bonds. The van der Waals surface area contributed by atoms with Gasteiger partial charge in [-0.05, 0) is 30.4 Å². The van der Waals surface area contributed by atoms with Crippen LogP contribution >= 0.6 is 11.8 Å². The number of carboxylic acid groups (broad SMARTS) is 1. The average Bonchev–Trinajstić information content (AvgIpc) is 2.90. The summed E-state index contributed by atoms with van der Waals surface area (Å²) < 4.78 is 2.18. The Kier molecular flexibility index (Phi) is 4.32. The topological polar surface area (TPSA) is 55.1 Å². The van der Waals surface area contributed by atoms with E-state index in [1.54, 1.807) is 0 Å². The number of aliphatic carboxylic acids is 1. The first-order valence-corrected chi connectivity index (χ1v) is 7.59. The Morgan fingerprint density at radius 2 is 2.39 bits per heavy atom. The van der Waals surface area contributed by atoms with Gasteiger partial charge in [-0.25, -0.2) is 4.98 Å². The summed E-state index contributed by atoms with van der Waals surface area (Å²) in [4.78, 5) is 14.9. The van der Waals surface area contributed by atoms with Crippen LogP contribution in [0.15, 0.2) is 12.5 Å². The maximum Gasteiger partial charge on any atom is 0.303 e. The number of nitrogens with zero attached hydrogens (tertiary/aromatic N) is 2. The third-order valence-corrected chi connectivity index (χ3v) is 4.72. The largest absolute Gasteiger partial charge is 0.481 e. The van der Waals surface area contributed by atoms with Gasteiger partial charge in [-0.1, -0.05) is 6.92 Å². The lowest BCUT2D eigenvalue weighted by Gasteiger charge is -2.12. The molecule has 0 bridgehead atoms. The van der Waals surface area contributed by atoms with E-state index in [4.69, 9.17) is 5.11 Å². The second-order valence-electron chi connectivity index (χ2n) is 5.14.